The molecule has 0 aromatic heterocycles. The molecule has 5 heteroatoms. The van der Waals surface area contributed by atoms with Crippen LogP contribution in [0.5, 0.6) is 5.75 Å². The van der Waals surface area contributed by atoms with Gasteiger partial charge in [-0.3, -0.25) is 0 Å². The number of rotatable bonds is 2. The van der Waals surface area contributed by atoms with Gasteiger partial charge in [-0.2, -0.15) is 13.2 Å². The van der Waals surface area contributed by atoms with Crippen molar-refractivity contribution in [3.8, 4) is 5.75 Å². The second-order valence-electron chi connectivity index (χ2n) is 5.04. The van der Waals surface area contributed by atoms with Crippen LogP contribution in [0.3, 0.4) is 0 Å². The van der Waals surface area contributed by atoms with Crippen LogP contribution in [0.15, 0.2) is 42.5 Å². The van der Waals surface area contributed by atoms with E-state index >= 15 is 0 Å². The van der Waals surface area contributed by atoms with Crippen molar-refractivity contribution < 1.29 is 17.9 Å². The van der Waals surface area contributed by atoms with Crippen molar-refractivity contribution in [3.05, 3.63) is 59.2 Å². The highest BCUT2D eigenvalue weighted by atomic mass is 19.4. The van der Waals surface area contributed by atoms with Crippen molar-refractivity contribution >= 4 is 5.69 Å². The molecule has 3 rings (SSSR count). The Hall–Kier alpha value is -2.17. The molecule has 0 bridgehead atoms. The van der Waals surface area contributed by atoms with Crippen LogP contribution >= 0.6 is 0 Å². The Bertz CT molecular complexity index is 650. The van der Waals surface area contributed by atoms with E-state index in [9.17, 15) is 13.2 Å². The van der Waals surface area contributed by atoms with Crippen molar-refractivity contribution in [3.63, 3.8) is 0 Å². The highest BCUT2D eigenvalue weighted by molar-refractivity contribution is 5.59. The fourth-order valence-corrected chi connectivity index (χ4v) is 2.58. The number of fused-ring (bicyclic) bond motifs is 1. The third kappa shape index (κ3) is 2.68. The van der Waals surface area contributed by atoms with E-state index in [2.05, 4.69) is 5.32 Å². The van der Waals surface area contributed by atoms with Crippen molar-refractivity contribution in [2.45, 2.75) is 18.6 Å². The molecule has 1 heterocycles. The highest BCUT2D eigenvalue weighted by Gasteiger charge is 2.32. The van der Waals surface area contributed by atoms with Crippen molar-refractivity contribution in [1.82, 2.24) is 0 Å². The summed E-state index contributed by atoms with van der Waals surface area (Å²) in [6.07, 6.45) is -3.75. The van der Waals surface area contributed by atoms with Gasteiger partial charge < -0.3 is 10.1 Å². The molecule has 2 aromatic carbocycles. The molecular formula is C16H14F3NO. The van der Waals surface area contributed by atoms with E-state index in [4.69, 9.17) is 4.74 Å². The molecule has 2 aromatic rings. The van der Waals surface area contributed by atoms with Gasteiger partial charge in [-0.05, 0) is 47.9 Å². The minimum Gasteiger partial charge on any atom is -0.497 e. The van der Waals surface area contributed by atoms with Crippen LogP contribution in [0.2, 0.25) is 0 Å². The maximum atomic E-state index is 12.7. The zero-order valence-corrected chi connectivity index (χ0v) is 11.4. The van der Waals surface area contributed by atoms with Crippen LogP contribution in [-0.4, -0.2) is 7.11 Å². The van der Waals surface area contributed by atoms with Crippen LogP contribution in [0.1, 0.15) is 22.7 Å². The molecule has 1 aliphatic rings. The largest absolute Gasteiger partial charge is 0.497 e. The summed E-state index contributed by atoms with van der Waals surface area (Å²) in [5.41, 5.74) is 1.90. The SMILES string of the molecule is COc1ccc(C2Cc3cc(C(F)(F)F)ccc3N2)cc1. The molecule has 1 N–H and O–H groups in total. The Kier molecular flexibility index (Phi) is 3.27. The standard InChI is InChI=1S/C16H14F3NO/c1-21-13-5-2-10(3-6-13)15-9-11-8-12(16(17,18)19)4-7-14(11)20-15/h2-8,15,20H,9H2,1H3. The predicted octanol–water partition coefficient (Wildman–Crippen LogP) is 4.42. The molecule has 21 heavy (non-hydrogen) atoms. The molecule has 0 saturated heterocycles. The van der Waals surface area contributed by atoms with Gasteiger partial charge >= 0.3 is 6.18 Å². The lowest BCUT2D eigenvalue weighted by molar-refractivity contribution is -0.137. The van der Waals surface area contributed by atoms with E-state index in [0.717, 1.165) is 23.1 Å². The highest BCUT2D eigenvalue weighted by Crippen LogP contribution is 2.38. The van der Waals surface area contributed by atoms with Gasteiger partial charge in [0.2, 0.25) is 0 Å². The van der Waals surface area contributed by atoms with Crippen LogP contribution in [0.25, 0.3) is 0 Å². The summed E-state index contributed by atoms with van der Waals surface area (Å²) in [4.78, 5) is 0. The molecule has 0 radical (unpaired) electrons. The number of alkyl halides is 3. The lowest BCUT2D eigenvalue weighted by Gasteiger charge is -2.12. The first kappa shape index (κ1) is 13.8. The molecule has 1 unspecified atom stereocenters. The van der Waals surface area contributed by atoms with E-state index < -0.39 is 11.7 Å². The Balaban J connectivity index is 1.83. The Morgan fingerprint density at radius 3 is 2.43 bits per heavy atom. The average molecular weight is 293 g/mol. The first-order chi connectivity index (χ1) is 9.97. The van der Waals surface area contributed by atoms with Crippen LogP contribution < -0.4 is 10.1 Å². The number of hydrogen-bond donors (Lipinski definition) is 1. The molecule has 0 amide bonds. The molecule has 1 aliphatic heterocycles. The quantitative estimate of drug-likeness (QED) is 0.884. The first-order valence-corrected chi connectivity index (χ1v) is 6.58. The normalized spacial score (nSPS) is 17.2. The molecule has 1 atom stereocenters. The minimum atomic E-state index is -4.30. The van der Waals surface area contributed by atoms with Crippen LogP contribution in [-0.2, 0) is 12.6 Å². The summed E-state index contributed by atoms with van der Waals surface area (Å²) >= 11 is 0. The zero-order valence-electron chi connectivity index (χ0n) is 11.4. The van der Waals surface area contributed by atoms with Crippen molar-refractivity contribution in [2.24, 2.45) is 0 Å². The van der Waals surface area contributed by atoms with Gasteiger partial charge in [-0.1, -0.05) is 12.1 Å². The van der Waals surface area contributed by atoms with Gasteiger partial charge in [-0.25, -0.2) is 0 Å². The molecule has 0 saturated carbocycles. The number of nitrogens with one attached hydrogen (secondary N) is 1. The Labute approximate surface area is 120 Å². The summed E-state index contributed by atoms with van der Waals surface area (Å²) in [5, 5.41) is 3.26. The van der Waals surface area contributed by atoms with Crippen LogP contribution in [0.4, 0.5) is 18.9 Å². The van der Waals surface area contributed by atoms with E-state index in [0.29, 0.717) is 12.0 Å². The number of anilines is 1. The molecule has 0 aliphatic carbocycles. The van der Waals surface area contributed by atoms with Gasteiger partial charge in [0.1, 0.15) is 5.75 Å². The maximum Gasteiger partial charge on any atom is 0.416 e. The number of halogens is 3. The molecule has 0 fully saturated rings. The molecule has 0 spiro atoms. The van der Waals surface area contributed by atoms with Crippen molar-refractivity contribution in [1.29, 1.82) is 0 Å². The maximum absolute atomic E-state index is 12.7. The summed E-state index contributed by atoms with van der Waals surface area (Å²) < 4.78 is 43.3. The van der Waals surface area contributed by atoms with Crippen molar-refractivity contribution in [2.75, 3.05) is 12.4 Å². The summed E-state index contributed by atoms with van der Waals surface area (Å²) in [5.74, 6) is 0.758. The van der Waals surface area contributed by atoms with Gasteiger partial charge in [0.25, 0.3) is 0 Å². The summed E-state index contributed by atoms with van der Waals surface area (Å²) in [6, 6.07) is 11.4. The van der Waals surface area contributed by atoms with Gasteiger partial charge in [0.05, 0.1) is 18.7 Å². The minimum absolute atomic E-state index is 0.00519. The number of methoxy groups -OCH3 is 1. The molecule has 2 nitrogen and oxygen atoms in total. The van der Waals surface area contributed by atoms with Gasteiger partial charge in [0.15, 0.2) is 0 Å². The van der Waals surface area contributed by atoms with E-state index in [-0.39, 0.29) is 6.04 Å². The van der Waals surface area contributed by atoms with Gasteiger partial charge in [-0.15, -0.1) is 0 Å². The third-order valence-electron chi connectivity index (χ3n) is 3.70. The van der Waals surface area contributed by atoms with Gasteiger partial charge in [0, 0.05) is 5.69 Å². The first-order valence-electron chi connectivity index (χ1n) is 6.58. The fourth-order valence-electron chi connectivity index (χ4n) is 2.58. The summed E-state index contributed by atoms with van der Waals surface area (Å²) in [6.45, 7) is 0. The number of ether oxygens (including phenoxy) is 1. The zero-order chi connectivity index (χ0) is 15.0. The fraction of sp³-hybridized carbons (Fsp3) is 0.250. The number of benzene rings is 2. The average Bonchev–Trinajstić information content (AvgIpc) is 2.89. The number of hydrogen-bond acceptors (Lipinski definition) is 2. The second kappa shape index (κ2) is 4.98. The van der Waals surface area contributed by atoms with E-state index in [1.54, 1.807) is 7.11 Å². The Morgan fingerprint density at radius 2 is 1.81 bits per heavy atom. The lowest BCUT2D eigenvalue weighted by Crippen LogP contribution is -2.05. The second-order valence-corrected chi connectivity index (χ2v) is 5.04. The van der Waals surface area contributed by atoms with Crippen LogP contribution in [0, 0.1) is 0 Å². The topological polar surface area (TPSA) is 21.3 Å². The smallest absolute Gasteiger partial charge is 0.416 e. The molecule has 110 valence electrons. The van der Waals surface area contributed by atoms with E-state index in [1.807, 2.05) is 24.3 Å². The lowest BCUT2D eigenvalue weighted by atomic mass is 10.0. The van der Waals surface area contributed by atoms with E-state index in [1.165, 1.54) is 12.1 Å². The monoisotopic (exact) mass is 293 g/mol. The summed E-state index contributed by atoms with van der Waals surface area (Å²) in [7, 11) is 1.59. The third-order valence-corrected chi connectivity index (χ3v) is 3.70. The predicted molar refractivity (Wildman–Crippen MR) is 74.5 cm³/mol. The molecular weight excluding hydrogens is 279 g/mol. The Morgan fingerprint density at radius 1 is 1.10 bits per heavy atom.